The van der Waals surface area contributed by atoms with E-state index in [1.54, 1.807) is 6.92 Å². The first kappa shape index (κ1) is 17.4. The molecule has 2 aromatic rings. The minimum absolute atomic E-state index is 0.0930. The molecule has 0 saturated carbocycles. The highest BCUT2D eigenvalue weighted by Crippen LogP contribution is 2.66. The van der Waals surface area contributed by atoms with E-state index in [1.807, 2.05) is 26.8 Å². The molecule has 4 rings (SSSR count). The summed E-state index contributed by atoms with van der Waals surface area (Å²) in [7, 11) is -3.31. The molecule has 0 aromatic heterocycles. The molecular formula is C18H17Br2O4P. The molecule has 0 amide bonds. The van der Waals surface area contributed by atoms with Gasteiger partial charge in [0.05, 0.1) is 10.6 Å². The van der Waals surface area contributed by atoms with Gasteiger partial charge in [0.25, 0.3) is 0 Å². The van der Waals surface area contributed by atoms with E-state index >= 15 is 0 Å². The molecule has 7 heteroatoms. The Balaban J connectivity index is 2.09. The van der Waals surface area contributed by atoms with Crippen LogP contribution in [-0.4, -0.2) is 11.3 Å². The largest absolute Gasteiger partial charge is 0.506 e. The van der Waals surface area contributed by atoms with Gasteiger partial charge in [-0.1, -0.05) is 15.9 Å². The number of aromatic hydroxyl groups is 1. The molecule has 0 radical (unpaired) electrons. The topological polar surface area (TPSA) is 55.8 Å². The Morgan fingerprint density at radius 2 is 1.68 bits per heavy atom. The predicted octanol–water partition coefficient (Wildman–Crippen LogP) is 6.26. The van der Waals surface area contributed by atoms with Gasteiger partial charge in [0, 0.05) is 27.1 Å². The van der Waals surface area contributed by atoms with Crippen LogP contribution in [0.3, 0.4) is 0 Å². The second kappa shape index (κ2) is 5.51. The second-order valence-electron chi connectivity index (χ2n) is 6.71. The fraction of sp³-hybridized carbons (Fsp3) is 0.333. The summed E-state index contributed by atoms with van der Waals surface area (Å²) >= 11 is 7.10. The lowest BCUT2D eigenvalue weighted by Crippen LogP contribution is -2.26. The van der Waals surface area contributed by atoms with Crippen molar-refractivity contribution in [2.75, 3.05) is 6.16 Å². The van der Waals surface area contributed by atoms with E-state index in [4.69, 9.17) is 9.05 Å². The van der Waals surface area contributed by atoms with Gasteiger partial charge >= 0.3 is 7.60 Å². The number of rotatable bonds is 0. The van der Waals surface area contributed by atoms with Gasteiger partial charge in [0.15, 0.2) is 0 Å². The molecular weight excluding hydrogens is 471 g/mol. The van der Waals surface area contributed by atoms with Crippen LogP contribution in [0, 0.1) is 27.7 Å². The van der Waals surface area contributed by atoms with E-state index in [0.717, 1.165) is 32.3 Å². The Kier molecular flexibility index (Phi) is 3.85. The third-order valence-corrected chi connectivity index (χ3v) is 8.80. The summed E-state index contributed by atoms with van der Waals surface area (Å²) in [5.41, 5.74) is 5.68. The van der Waals surface area contributed by atoms with Crippen LogP contribution in [-0.2, 0) is 4.57 Å². The Morgan fingerprint density at radius 1 is 1.04 bits per heavy atom. The smallest absolute Gasteiger partial charge is 0.431 e. The first-order valence-electron chi connectivity index (χ1n) is 7.94. The summed E-state index contributed by atoms with van der Waals surface area (Å²) in [5, 5.41) is 10.2. The van der Waals surface area contributed by atoms with Crippen LogP contribution < -0.4 is 9.05 Å². The maximum atomic E-state index is 13.2. The number of fused-ring (bicyclic) bond motifs is 6. The van der Waals surface area contributed by atoms with Crippen molar-refractivity contribution in [3.05, 3.63) is 48.4 Å². The van der Waals surface area contributed by atoms with Crippen molar-refractivity contribution in [3.63, 3.8) is 0 Å². The Hall–Kier alpha value is -0.970. The van der Waals surface area contributed by atoms with Crippen molar-refractivity contribution < 1.29 is 18.7 Å². The number of halogens is 2. The first-order chi connectivity index (χ1) is 11.6. The molecule has 2 heterocycles. The van der Waals surface area contributed by atoms with Gasteiger partial charge in [0.1, 0.15) is 17.2 Å². The van der Waals surface area contributed by atoms with Gasteiger partial charge in [-0.3, -0.25) is 0 Å². The molecule has 132 valence electrons. The quantitative estimate of drug-likeness (QED) is 0.445. The monoisotopic (exact) mass is 486 g/mol. The van der Waals surface area contributed by atoms with E-state index < -0.39 is 7.60 Å². The number of phenolic OH excluding ortho intramolecular Hbond substituents is 1. The Morgan fingerprint density at radius 3 is 2.36 bits per heavy atom. The minimum atomic E-state index is -3.31. The SMILES string of the molecule is Cc1c(C)c2c(c(C)c1Br)C1CP(=O)(Oc3c1cc(Br)c(O)c3C)O2. The van der Waals surface area contributed by atoms with Gasteiger partial charge in [-0.2, -0.15) is 0 Å². The number of hydrogen-bond acceptors (Lipinski definition) is 4. The first-order valence-corrected chi connectivity index (χ1v) is 11.3. The van der Waals surface area contributed by atoms with Gasteiger partial charge in [-0.15, -0.1) is 0 Å². The molecule has 2 aliphatic heterocycles. The molecule has 2 unspecified atom stereocenters. The fourth-order valence-corrected chi connectivity index (χ4v) is 6.84. The van der Waals surface area contributed by atoms with Gasteiger partial charge in [0.2, 0.25) is 0 Å². The molecule has 2 aliphatic rings. The minimum Gasteiger partial charge on any atom is -0.506 e. The number of benzene rings is 2. The molecule has 0 spiro atoms. The van der Waals surface area contributed by atoms with Crippen LogP contribution in [0.25, 0.3) is 0 Å². The van der Waals surface area contributed by atoms with Crippen molar-refractivity contribution in [2.45, 2.75) is 33.6 Å². The average molecular weight is 488 g/mol. The Labute approximate surface area is 163 Å². The highest BCUT2D eigenvalue weighted by atomic mass is 79.9. The van der Waals surface area contributed by atoms with Crippen molar-refractivity contribution in [3.8, 4) is 17.2 Å². The molecule has 4 nitrogen and oxygen atoms in total. The molecule has 25 heavy (non-hydrogen) atoms. The predicted molar refractivity (Wildman–Crippen MR) is 104 cm³/mol. The molecule has 1 N–H and O–H groups in total. The number of phenols is 1. The van der Waals surface area contributed by atoms with Crippen LogP contribution in [0.4, 0.5) is 0 Å². The fourth-order valence-electron chi connectivity index (χ4n) is 3.74. The number of hydrogen-bond donors (Lipinski definition) is 1. The normalized spacial score (nSPS) is 23.4. The summed E-state index contributed by atoms with van der Waals surface area (Å²) < 4.78 is 26.7. The van der Waals surface area contributed by atoms with Crippen LogP contribution in [0.5, 0.6) is 17.2 Å². The molecule has 2 aromatic carbocycles. The van der Waals surface area contributed by atoms with E-state index in [1.165, 1.54) is 0 Å². The van der Waals surface area contributed by atoms with Crippen molar-refractivity contribution >= 4 is 39.5 Å². The van der Waals surface area contributed by atoms with Crippen molar-refractivity contribution in [2.24, 2.45) is 0 Å². The maximum Gasteiger partial charge on any atom is 0.431 e. The standard InChI is InChI=1S/C18H17Br2O4P/c1-7-8(2)18-14(9(3)15(7)20)12-6-25(22,24-18)23-17-10(4)16(21)13(19)5-11(12)17/h5,12,21H,6H2,1-4H3. The zero-order valence-electron chi connectivity index (χ0n) is 14.2. The zero-order valence-corrected chi connectivity index (χ0v) is 18.3. The van der Waals surface area contributed by atoms with Crippen LogP contribution in [0.1, 0.15) is 39.3 Å². The Bertz CT molecular complexity index is 1000. The van der Waals surface area contributed by atoms with Crippen LogP contribution in [0.15, 0.2) is 15.0 Å². The molecule has 0 aliphatic carbocycles. The van der Waals surface area contributed by atoms with Crippen LogP contribution in [0.2, 0.25) is 0 Å². The van der Waals surface area contributed by atoms with Crippen LogP contribution >= 0.6 is 39.5 Å². The second-order valence-corrected chi connectivity index (χ2v) is 10.3. The summed E-state index contributed by atoms with van der Waals surface area (Å²) in [5.74, 6) is 1.15. The van der Waals surface area contributed by atoms with E-state index in [2.05, 4.69) is 31.9 Å². The third-order valence-electron chi connectivity index (χ3n) is 5.27. The summed E-state index contributed by atoms with van der Waals surface area (Å²) in [6.45, 7) is 7.80. The van der Waals surface area contributed by atoms with Gasteiger partial charge in [-0.25, -0.2) is 4.57 Å². The summed E-state index contributed by atoms with van der Waals surface area (Å²) in [6.07, 6.45) is 0.305. The summed E-state index contributed by atoms with van der Waals surface area (Å²) in [6, 6.07) is 1.86. The molecule has 0 saturated heterocycles. The lowest BCUT2D eigenvalue weighted by Gasteiger charge is -2.39. The zero-order chi connectivity index (χ0) is 18.3. The highest BCUT2D eigenvalue weighted by Gasteiger charge is 2.48. The molecule has 0 fully saturated rings. The lowest BCUT2D eigenvalue weighted by molar-refractivity contribution is 0.352. The van der Waals surface area contributed by atoms with Gasteiger partial charge < -0.3 is 14.2 Å². The summed E-state index contributed by atoms with van der Waals surface area (Å²) in [4.78, 5) is 0. The third kappa shape index (κ3) is 2.34. The lowest BCUT2D eigenvalue weighted by atomic mass is 9.85. The van der Waals surface area contributed by atoms with Gasteiger partial charge in [-0.05, 0) is 66.4 Å². The molecule has 2 atom stereocenters. The van der Waals surface area contributed by atoms with E-state index in [0.29, 0.717) is 27.7 Å². The van der Waals surface area contributed by atoms with E-state index in [9.17, 15) is 9.67 Å². The maximum absolute atomic E-state index is 13.2. The average Bonchev–Trinajstić information content (AvgIpc) is 2.57. The van der Waals surface area contributed by atoms with E-state index in [-0.39, 0.29) is 11.7 Å². The van der Waals surface area contributed by atoms with Crippen molar-refractivity contribution in [1.29, 1.82) is 0 Å². The highest BCUT2D eigenvalue weighted by molar-refractivity contribution is 9.10. The molecule has 2 bridgehead atoms. The van der Waals surface area contributed by atoms with Crippen molar-refractivity contribution in [1.82, 2.24) is 0 Å².